The molecule has 0 aliphatic carbocycles. The van der Waals surface area contributed by atoms with Crippen LogP contribution >= 0.6 is 11.3 Å². The maximum absolute atomic E-state index is 12.7. The van der Waals surface area contributed by atoms with E-state index in [-0.39, 0.29) is 29.9 Å². The van der Waals surface area contributed by atoms with Gasteiger partial charge in [0.05, 0.1) is 5.69 Å². The van der Waals surface area contributed by atoms with Crippen molar-refractivity contribution in [1.82, 2.24) is 20.5 Å². The average Bonchev–Trinajstić information content (AvgIpc) is 3.32. The Bertz CT molecular complexity index is 851. The Kier molecular flexibility index (Phi) is 5.46. The van der Waals surface area contributed by atoms with Crippen LogP contribution in [0.5, 0.6) is 0 Å². The molecule has 28 heavy (non-hydrogen) atoms. The average molecular weight is 399 g/mol. The summed E-state index contributed by atoms with van der Waals surface area (Å²) in [4.78, 5) is 31.7. The third-order valence-electron chi connectivity index (χ3n) is 5.37. The van der Waals surface area contributed by atoms with Gasteiger partial charge in [-0.1, -0.05) is 44.2 Å². The number of hydrogen-bond acceptors (Lipinski definition) is 5. The van der Waals surface area contributed by atoms with Gasteiger partial charge in [-0.25, -0.2) is 4.98 Å². The highest BCUT2D eigenvalue weighted by molar-refractivity contribution is 7.09. The topological polar surface area (TPSA) is 74.3 Å². The Morgan fingerprint density at radius 1 is 1.29 bits per heavy atom. The lowest BCUT2D eigenvalue weighted by molar-refractivity contribution is -0.147. The maximum Gasteiger partial charge on any atom is 0.245 e. The van der Waals surface area contributed by atoms with Crippen LogP contribution in [0.3, 0.4) is 0 Å². The highest BCUT2D eigenvalue weighted by atomic mass is 32.1. The van der Waals surface area contributed by atoms with Gasteiger partial charge in [0.25, 0.3) is 0 Å². The van der Waals surface area contributed by atoms with Crippen molar-refractivity contribution < 1.29 is 9.59 Å². The first-order valence-electron chi connectivity index (χ1n) is 9.85. The molecule has 0 bridgehead atoms. The van der Waals surface area contributed by atoms with Gasteiger partial charge in [-0.15, -0.1) is 11.3 Å². The molecule has 1 aromatic carbocycles. The van der Waals surface area contributed by atoms with Gasteiger partial charge in [0.2, 0.25) is 11.8 Å². The fourth-order valence-corrected chi connectivity index (χ4v) is 4.76. The normalized spacial score (nSPS) is 24.5. The predicted molar refractivity (Wildman–Crippen MR) is 110 cm³/mol. The number of nitrogens with zero attached hydrogens (tertiary/aromatic N) is 2. The van der Waals surface area contributed by atoms with E-state index in [0.717, 1.165) is 16.3 Å². The van der Waals surface area contributed by atoms with Crippen molar-refractivity contribution >= 4 is 23.2 Å². The molecule has 0 unspecified atom stereocenters. The van der Waals surface area contributed by atoms with E-state index in [1.165, 1.54) is 0 Å². The lowest BCUT2D eigenvalue weighted by Crippen LogP contribution is -2.61. The van der Waals surface area contributed by atoms with Crippen LogP contribution in [0.15, 0.2) is 35.7 Å². The number of piperazine rings is 1. The van der Waals surface area contributed by atoms with Gasteiger partial charge in [0.1, 0.15) is 17.1 Å². The number of amides is 2. The first-order valence-corrected chi connectivity index (χ1v) is 10.7. The van der Waals surface area contributed by atoms with Gasteiger partial charge < -0.3 is 15.5 Å². The van der Waals surface area contributed by atoms with E-state index in [2.05, 4.69) is 42.0 Å². The van der Waals surface area contributed by atoms with Crippen molar-refractivity contribution in [2.45, 2.75) is 51.4 Å². The summed E-state index contributed by atoms with van der Waals surface area (Å²) >= 11 is 1.63. The van der Waals surface area contributed by atoms with E-state index in [4.69, 9.17) is 4.98 Å². The highest BCUT2D eigenvalue weighted by Gasteiger charge is 2.46. The Labute approximate surface area is 169 Å². The number of carbonyl (C=O) groups is 2. The molecular weight excluding hydrogens is 372 g/mol. The number of aromatic nitrogens is 1. The number of fused-ring (bicyclic) bond motifs is 1. The summed E-state index contributed by atoms with van der Waals surface area (Å²) in [5.74, 6) is 0.407. The Hall–Kier alpha value is -2.25. The number of benzene rings is 1. The number of hydrogen-bond donors (Lipinski definition) is 2. The minimum atomic E-state index is -0.380. The van der Waals surface area contributed by atoms with Crippen molar-refractivity contribution in [2.75, 3.05) is 6.54 Å². The molecule has 1 aromatic heterocycles. The van der Waals surface area contributed by atoms with Gasteiger partial charge in [0.15, 0.2) is 0 Å². The van der Waals surface area contributed by atoms with Crippen LogP contribution in [0.1, 0.15) is 31.7 Å². The SMILES string of the molecule is CC(C)C[C@H]1NC(=O)[C@@H]2C[C@H](NCc3nc(-c4ccccc4)cs3)CN2C1=O. The minimum absolute atomic E-state index is 0.0184. The van der Waals surface area contributed by atoms with Crippen LogP contribution in [0.25, 0.3) is 11.3 Å². The fraction of sp³-hybridized carbons (Fsp3) is 0.476. The molecule has 2 aliphatic rings. The molecule has 2 saturated heterocycles. The van der Waals surface area contributed by atoms with Gasteiger partial charge in [-0.05, 0) is 18.8 Å². The van der Waals surface area contributed by atoms with Crippen molar-refractivity contribution in [1.29, 1.82) is 0 Å². The third kappa shape index (κ3) is 3.95. The van der Waals surface area contributed by atoms with Gasteiger partial charge >= 0.3 is 0 Å². The lowest BCUT2D eigenvalue weighted by Gasteiger charge is -2.35. The van der Waals surface area contributed by atoms with Crippen molar-refractivity contribution in [3.63, 3.8) is 0 Å². The van der Waals surface area contributed by atoms with Crippen LogP contribution in [0.4, 0.5) is 0 Å². The molecule has 2 aliphatic heterocycles. The van der Waals surface area contributed by atoms with Crippen molar-refractivity contribution in [3.8, 4) is 11.3 Å². The molecule has 3 atom stereocenters. The number of carbonyl (C=O) groups excluding carboxylic acids is 2. The summed E-state index contributed by atoms with van der Waals surface area (Å²) in [6.45, 7) is 5.37. The van der Waals surface area contributed by atoms with Gasteiger partial charge in [-0.3, -0.25) is 9.59 Å². The monoisotopic (exact) mass is 398 g/mol. The van der Waals surface area contributed by atoms with E-state index in [9.17, 15) is 9.59 Å². The second-order valence-electron chi connectivity index (χ2n) is 8.00. The molecule has 6 nitrogen and oxygen atoms in total. The van der Waals surface area contributed by atoms with E-state index < -0.39 is 0 Å². The Balaban J connectivity index is 1.36. The van der Waals surface area contributed by atoms with Crippen LogP contribution in [-0.4, -0.2) is 46.4 Å². The minimum Gasteiger partial charge on any atom is -0.342 e. The fourth-order valence-electron chi connectivity index (χ4n) is 4.00. The molecule has 7 heteroatoms. The molecular formula is C21H26N4O2S. The zero-order valence-electron chi connectivity index (χ0n) is 16.2. The van der Waals surface area contributed by atoms with E-state index in [1.807, 2.05) is 18.2 Å². The summed E-state index contributed by atoms with van der Waals surface area (Å²) < 4.78 is 0. The summed E-state index contributed by atoms with van der Waals surface area (Å²) in [6, 6.07) is 9.52. The molecule has 4 rings (SSSR count). The largest absolute Gasteiger partial charge is 0.342 e. The summed E-state index contributed by atoms with van der Waals surface area (Å²) in [6.07, 6.45) is 1.34. The molecule has 3 heterocycles. The van der Waals surface area contributed by atoms with Gasteiger partial charge in [0, 0.05) is 30.1 Å². The second kappa shape index (κ2) is 8.01. The number of rotatable bonds is 6. The Morgan fingerprint density at radius 3 is 2.82 bits per heavy atom. The van der Waals surface area contributed by atoms with Crippen molar-refractivity contribution in [2.24, 2.45) is 5.92 Å². The number of thiazole rings is 1. The molecule has 2 N–H and O–H groups in total. The quantitative estimate of drug-likeness (QED) is 0.784. The third-order valence-corrected chi connectivity index (χ3v) is 6.22. The molecule has 0 saturated carbocycles. The summed E-state index contributed by atoms with van der Waals surface area (Å²) in [5, 5.41) is 9.48. The van der Waals surface area contributed by atoms with E-state index in [0.29, 0.717) is 31.8 Å². The second-order valence-corrected chi connectivity index (χ2v) is 8.95. The molecule has 2 amide bonds. The van der Waals surface area contributed by atoms with Crippen LogP contribution in [0.2, 0.25) is 0 Å². The number of nitrogens with one attached hydrogen (secondary N) is 2. The molecule has 2 fully saturated rings. The highest BCUT2D eigenvalue weighted by Crippen LogP contribution is 2.26. The smallest absolute Gasteiger partial charge is 0.245 e. The summed E-state index contributed by atoms with van der Waals surface area (Å²) in [7, 11) is 0. The summed E-state index contributed by atoms with van der Waals surface area (Å²) in [5.41, 5.74) is 2.10. The van der Waals surface area contributed by atoms with Gasteiger partial charge in [-0.2, -0.15) is 0 Å². The molecule has 148 valence electrons. The van der Waals surface area contributed by atoms with Crippen molar-refractivity contribution in [3.05, 3.63) is 40.7 Å². The lowest BCUT2D eigenvalue weighted by atomic mass is 9.99. The standard InChI is InChI=1S/C21H26N4O2S/c1-13(2)8-16-21(27)25-11-15(9-18(25)20(26)24-16)22-10-19-23-17(12-28-19)14-6-4-3-5-7-14/h3-7,12-13,15-16,18,22H,8-11H2,1-2H3,(H,24,26)/t15-,16+,18-/m0/s1. The van der Waals surface area contributed by atoms with Crippen LogP contribution < -0.4 is 10.6 Å². The predicted octanol–water partition coefficient (Wildman–Crippen LogP) is 2.41. The van der Waals surface area contributed by atoms with E-state index >= 15 is 0 Å². The first-order chi connectivity index (χ1) is 13.5. The molecule has 0 radical (unpaired) electrons. The Morgan fingerprint density at radius 2 is 2.07 bits per heavy atom. The zero-order chi connectivity index (χ0) is 19.7. The molecule has 2 aromatic rings. The van der Waals surface area contributed by atoms with Crippen LogP contribution in [-0.2, 0) is 16.1 Å². The first kappa shape index (κ1) is 19.1. The van der Waals surface area contributed by atoms with Crippen LogP contribution in [0, 0.1) is 5.92 Å². The maximum atomic E-state index is 12.7. The zero-order valence-corrected chi connectivity index (χ0v) is 17.0. The van der Waals surface area contributed by atoms with E-state index in [1.54, 1.807) is 16.2 Å². The molecule has 0 spiro atoms.